The molecule has 114 valence electrons. The smallest absolute Gasteiger partial charge is 0.221 e. The molecule has 24 heavy (non-hydrogen) atoms. The average molecular weight is 312 g/mol. The molecule has 2 aromatic carbocycles. The van der Waals surface area contributed by atoms with E-state index in [1.165, 1.54) is 0 Å². The number of carbonyl (C=O) groups is 1. The van der Waals surface area contributed by atoms with Crippen molar-refractivity contribution < 1.29 is 9.21 Å². The summed E-state index contributed by atoms with van der Waals surface area (Å²) in [6.07, 6.45) is 0. The van der Waals surface area contributed by atoms with Crippen LogP contribution in [-0.4, -0.2) is 10.8 Å². The van der Waals surface area contributed by atoms with Gasteiger partial charge in [0.2, 0.25) is 5.78 Å². The van der Waals surface area contributed by atoms with E-state index in [0.717, 1.165) is 16.3 Å². The number of nitrogens with zero attached hydrogens (tertiary/aromatic N) is 2. The van der Waals surface area contributed by atoms with Crippen molar-refractivity contribution in [3.05, 3.63) is 78.2 Å². The second-order valence-corrected chi connectivity index (χ2v) is 5.50. The summed E-state index contributed by atoms with van der Waals surface area (Å²) in [7, 11) is 0. The second kappa shape index (κ2) is 5.64. The van der Waals surface area contributed by atoms with Gasteiger partial charge in [-0.3, -0.25) is 9.78 Å². The fourth-order valence-corrected chi connectivity index (χ4v) is 2.75. The zero-order valence-electron chi connectivity index (χ0n) is 12.6. The first-order chi connectivity index (χ1) is 11.8. The summed E-state index contributed by atoms with van der Waals surface area (Å²) < 4.78 is 5.59. The van der Waals surface area contributed by atoms with Crippen molar-refractivity contribution in [2.75, 3.05) is 0 Å². The van der Waals surface area contributed by atoms with E-state index in [1.807, 2.05) is 48.5 Å². The van der Waals surface area contributed by atoms with E-state index >= 15 is 0 Å². The number of ketones is 1. The molecular formula is C20H12N2O2. The molecule has 4 heteroatoms. The van der Waals surface area contributed by atoms with Gasteiger partial charge in [0.25, 0.3) is 0 Å². The summed E-state index contributed by atoms with van der Waals surface area (Å²) in [6, 6.07) is 22.3. The molecule has 2 aromatic heterocycles. The standard InChI is InChI=1S/C20H12N2O2/c21-12-15(17-10-9-13-5-1-3-7-16(13)22-17)20(23)19-11-14-6-2-4-8-18(14)24-19/h1-11,15H/t15-/m0/s1. The lowest BCUT2D eigenvalue weighted by molar-refractivity contribution is 0.0953. The Bertz CT molecular complexity index is 1070. The van der Waals surface area contributed by atoms with Crippen LogP contribution in [0.3, 0.4) is 0 Å². The number of aromatic nitrogens is 1. The number of furan rings is 1. The minimum Gasteiger partial charge on any atom is -0.453 e. The molecule has 4 nitrogen and oxygen atoms in total. The number of hydrogen-bond acceptors (Lipinski definition) is 4. The number of Topliss-reactive ketones (excluding diaryl/α,β-unsaturated/α-hetero) is 1. The van der Waals surface area contributed by atoms with E-state index < -0.39 is 5.92 Å². The van der Waals surface area contributed by atoms with Crippen LogP contribution in [0, 0.1) is 11.3 Å². The third kappa shape index (κ3) is 2.33. The molecule has 0 saturated heterocycles. The molecule has 1 atom stereocenters. The molecule has 0 N–H and O–H groups in total. The number of benzene rings is 2. The summed E-state index contributed by atoms with van der Waals surface area (Å²) in [6.45, 7) is 0. The number of fused-ring (bicyclic) bond motifs is 2. The Morgan fingerprint density at radius 2 is 1.75 bits per heavy atom. The predicted molar refractivity (Wildman–Crippen MR) is 90.6 cm³/mol. The molecule has 0 fully saturated rings. The predicted octanol–water partition coefficient (Wildman–Crippen LogP) is 4.47. The Labute approximate surface area is 138 Å². The van der Waals surface area contributed by atoms with E-state index in [4.69, 9.17) is 4.42 Å². The van der Waals surface area contributed by atoms with Gasteiger partial charge in [-0.1, -0.05) is 42.5 Å². The lowest BCUT2D eigenvalue weighted by Gasteiger charge is -2.07. The Morgan fingerprint density at radius 1 is 1.00 bits per heavy atom. The first-order valence-electron chi connectivity index (χ1n) is 7.54. The van der Waals surface area contributed by atoms with Crippen molar-refractivity contribution in [3.8, 4) is 6.07 Å². The normalized spacial score (nSPS) is 12.1. The highest BCUT2D eigenvalue weighted by Gasteiger charge is 2.26. The largest absolute Gasteiger partial charge is 0.453 e. The van der Waals surface area contributed by atoms with Crippen molar-refractivity contribution in [3.63, 3.8) is 0 Å². The Hall–Kier alpha value is -3.45. The fraction of sp³-hybridized carbons (Fsp3) is 0.0500. The molecule has 4 rings (SSSR count). The zero-order valence-corrected chi connectivity index (χ0v) is 12.6. The van der Waals surface area contributed by atoms with Gasteiger partial charge in [0, 0.05) is 10.8 Å². The maximum absolute atomic E-state index is 12.7. The Balaban J connectivity index is 1.76. The lowest BCUT2D eigenvalue weighted by atomic mass is 9.98. The topological polar surface area (TPSA) is 66.9 Å². The van der Waals surface area contributed by atoms with Gasteiger partial charge < -0.3 is 4.42 Å². The van der Waals surface area contributed by atoms with E-state index in [0.29, 0.717) is 11.3 Å². The molecule has 0 amide bonds. The number of nitriles is 1. The first-order valence-corrected chi connectivity index (χ1v) is 7.54. The van der Waals surface area contributed by atoms with Gasteiger partial charge in [0.05, 0.1) is 17.3 Å². The molecule has 0 aliphatic rings. The third-order valence-electron chi connectivity index (χ3n) is 3.98. The summed E-state index contributed by atoms with van der Waals surface area (Å²) in [5.74, 6) is -1.19. The van der Waals surface area contributed by atoms with E-state index in [1.54, 1.807) is 18.2 Å². The van der Waals surface area contributed by atoms with Gasteiger partial charge in [0.1, 0.15) is 5.58 Å². The van der Waals surface area contributed by atoms with Crippen LogP contribution in [0.1, 0.15) is 22.2 Å². The third-order valence-corrected chi connectivity index (χ3v) is 3.98. The number of para-hydroxylation sites is 2. The highest BCUT2D eigenvalue weighted by Crippen LogP contribution is 2.25. The van der Waals surface area contributed by atoms with Crippen LogP contribution < -0.4 is 0 Å². The average Bonchev–Trinajstić information content (AvgIpc) is 3.06. The first kappa shape index (κ1) is 14.2. The number of carbonyl (C=O) groups excluding carboxylic acids is 1. The lowest BCUT2D eigenvalue weighted by Crippen LogP contribution is -2.12. The molecule has 0 unspecified atom stereocenters. The quantitative estimate of drug-likeness (QED) is 0.523. The van der Waals surface area contributed by atoms with Crippen LogP contribution in [0.2, 0.25) is 0 Å². The maximum Gasteiger partial charge on any atom is 0.221 e. The minimum atomic E-state index is -0.991. The van der Waals surface area contributed by atoms with Crippen LogP contribution in [0.25, 0.3) is 21.9 Å². The van der Waals surface area contributed by atoms with Gasteiger partial charge in [-0.2, -0.15) is 5.26 Å². The van der Waals surface area contributed by atoms with Crippen LogP contribution in [0.15, 0.2) is 71.1 Å². The maximum atomic E-state index is 12.7. The number of hydrogen-bond donors (Lipinski definition) is 0. The van der Waals surface area contributed by atoms with Gasteiger partial charge in [-0.05, 0) is 24.3 Å². The van der Waals surface area contributed by atoms with Gasteiger partial charge in [0.15, 0.2) is 11.7 Å². The highest BCUT2D eigenvalue weighted by atomic mass is 16.3. The highest BCUT2D eigenvalue weighted by molar-refractivity contribution is 6.03. The van der Waals surface area contributed by atoms with Crippen LogP contribution in [-0.2, 0) is 0 Å². The summed E-state index contributed by atoms with van der Waals surface area (Å²) >= 11 is 0. The van der Waals surface area contributed by atoms with E-state index in [9.17, 15) is 10.1 Å². The van der Waals surface area contributed by atoms with Gasteiger partial charge in [-0.15, -0.1) is 0 Å². The molecule has 0 aliphatic carbocycles. The Kier molecular flexibility index (Phi) is 3.33. The van der Waals surface area contributed by atoms with E-state index in [2.05, 4.69) is 11.1 Å². The number of pyridine rings is 1. The molecule has 4 aromatic rings. The minimum absolute atomic E-state index is 0.178. The van der Waals surface area contributed by atoms with Crippen molar-refractivity contribution in [1.82, 2.24) is 4.98 Å². The van der Waals surface area contributed by atoms with Gasteiger partial charge >= 0.3 is 0 Å². The molecule has 0 saturated carbocycles. The van der Waals surface area contributed by atoms with Crippen molar-refractivity contribution in [2.45, 2.75) is 5.92 Å². The van der Waals surface area contributed by atoms with Crippen LogP contribution in [0.4, 0.5) is 0 Å². The summed E-state index contributed by atoms with van der Waals surface area (Å²) in [5, 5.41) is 11.3. The molecule has 0 spiro atoms. The summed E-state index contributed by atoms with van der Waals surface area (Å²) in [4.78, 5) is 17.2. The molecular weight excluding hydrogens is 300 g/mol. The van der Waals surface area contributed by atoms with Crippen molar-refractivity contribution in [2.24, 2.45) is 0 Å². The number of rotatable bonds is 3. The molecule has 2 heterocycles. The fourth-order valence-electron chi connectivity index (χ4n) is 2.75. The summed E-state index contributed by atoms with van der Waals surface area (Å²) in [5.41, 5.74) is 1.82. The molecule has 0 bridgehead atoms. The molecule has 0 radical (unpaired) electrons. The van der Waals surface area contributed by atoms with Crippen molar-refractivity contribution in [1.29, 1.82) is 5.26 Å². The van der Waals surface area contributed by atoms with Crippen molar-refractivity contribution >= 4 is 27.7 Å². The van der Waals surface area contributed by atoms with Crippen LogP contribution >= 0.6 is 0 Å². The monoisotopic (exact) mass is 312 g/mol. The molecule has 0 aliphatic heterocycles. The SMILES string of the molecule is N#C[C@H](C(=O)c1cc2ccccc2o1)c1ccc2ccccc2n1. The zero-order chi connectivity index (χ0) is 16.5. The second-order valence-electron chi connectivity index (χ2n) is 5.50. The van der Waals surface area contributed by atoms with E-state index in [-0.39, 0.29) is 11.5 Å². The Morgan fingerprint density at radius 3 is 2.54 bits per heavy atom. The van der Waals surface area contributed by atoms with Crippen LogP contribution in [0.5, 0.6) is 0 Å². The van der Waals surface area contributed by atoms with Gasteiger partial charge in [-0.25, -0.2) is 0 Å².